The number of amides is 1. The molecule has 24 heavy (non-hydrogen) atoms. The van der Waals surface area contributed by atoms with Gasteiger partial charge in [-0.3, -0.25) is 4.79 Å². The Morgan fingerprint density at radius 1 is 1.25 bits per heavy atom. The Balaban J connectivity index is 1.83. The highest BCUT2D eigenvalue weighted by Gasteiger charge is 2.22. The first-order valence-corrected chi connectivity index (χ1v) is 8.32. The third-order valence-electron chi connectivity index (χ3n) is 4.30. The fraction of sp³-hybridized carbons (Fsp3) is 0.556. The molecule has 2 unspecified atom stereocenters. The van der Waals surface area contributed by atoms with E-state index >= 15 is 0 Å². The van der Waals surface area contributed by atoms with Gasteiger partial charge in [-0.25, -0.2) is 4.79 Å². The molecule has 6 nitrogen and oxygen atoms in total. The van der Waals surface area contributed by atoms with Gasteiger partial charge in [-0.1, -0.05) is 19.8 Å². The number of aryl methyl sites for hydroxylation is 1. The van der Waals surface area contributed by atoms with E-state index in [0.29, 0.717) is 17.4 Å². The highest BCUT2D eigenvalue weighted by molar-refractivity contribution is 5.92. The topological polar surface area (TPSA) is 84.9 Å². The Morgan fingerprint density at radius 2 is 2.00 bits per heavy atom. The number of rotatable bonds is 7. The van der Waals surface area contributed by atoms with Crippen LogP contribution in [0.1, 0.15) is 38.2 Å². The molecule has 6 heteroatoms. The molecule has 0 aliphatic heterocycles. The summed E-state index contributed by atoms with van der Waals surface area (Å²) < 4.78 is 10.9. The van der Waals surface area contributed by atoms with E-state index in [0.717, 1.165) is 24.8 Å². The van der Waals surface area contributed by atoms with Crippen molar-refractivity contribution in [3.05, 3.63) is 23.8 Å². The van der Waals surface area contributed by atoms with E-state index in [1.165, 1.54) is 6.42 Å². The number of hydrogen-bond acceptors (Lipinski definition) is 4. The quantitative estimate of drug-likeness (QED) is 0.800. The number of carboxylic acid groups (broad SMARTS) is 1. The monoisotopic (exact) mass is 335 g/mol. The SMILES string of the molecule is Cc1cc(OCC(=O)O)ccc1NC(=O)COC1CCCCC1C. The van der Waals surface area contributed by atoms with Crippen molar-refractivity contribution in [1.29, 1.82) is 0 Å². The summed E-state index contributed by atoms with van der Waals surface area (Å²) in [5.41, 5.74) is 1.47. The van der Waals surface area contributed by atoms with E-state index in [1.807, 2.05) is 6.92 Å². The fourth-order valence-electron chi connectivity index (χ4n) is 2.91. The van der Waals surface area contributed by atoms with Crippen molar-refractivity contribution in [1.82, 2.24) is 0 Å². The number of nitrogens with one attached hydrogen (secondary N) is 1. The summed E-state index contributed by atoms with van der Waals surface area (Å²) in [6.45, 7) is 3.65. The number of carbonyl (C=O) groups excluding carboxylic acids is 1. The first-order chi connectivity index (χ1) is 11.5. The molecule has 0 aromatic heterocycles. The molecule has 1 saturated carbocycles. The molecule has 1 fully saturated rings. The van der Waals surface area contributed by atoms with Crippen LogP contribution in [0.4, 0.5) is 5.69 Å². The van der Waals surface area contributed by atoms with Crippen molar-refractivity contribution >= 4 is 17.6 Å². The molecule has 132 valence electrons. The van der Waals surface area contributed by atoms with E-state index in [2.05, 4.69) is 12.2 Å². The van der Waals surface area contributed by atoms with Gasteiger partial charge >= 0.3 is 5.97 Å². The number of carbonyl (C=O) groups is 2. The second-order valence-electron chi connectivity index (χ2n) is 6.32. The third kappa shape index (κ3) is 5.53. The van der Waals surface area contributed by atoms with Crippen LogP contribution >= 0.6 is 0 Å². The maximum absolute atomic E-state index is 12.1. The largest absolute Gasteiger partial charge is 0.482 e. The molecule has 1 aliphatic rings. The molecular weight excluding hydrogens is 310 g/mol. The van der Waals surface area contributed by atoms with Crippen LogP contribution in [0.15, 0.2) is 18.2 Å². The molecule has 2 rings (SSSR count). The summed E-state index contributed by atoms with van der Waals surface area (Å²) >= 11 is 0. The van der Waals surface area contributed by atoms with E-state index in [1.54, 1.807) is 18.2 Å². The standard InChI is InChI=1S/C18H25NO5/c1-12-5-3-4-6-16(12)24-10-17(20)19-15-8-7-14(9-13(15)2)23-11-18(21)22/h7-9,12,16H,3-6,10-11H2,1-2H3,(H,19,20)(H,21,22). The number of hydrogen-bond donors (Lipinski definition) is 2. The molecule has 0 spiro atoms. The lowest BCUT2D eigenvalue weighted by Gasteiger charge is -2.28. The average molecular weight is 335 g/mol. The summed E-state index contributed by atoms with van der Waals surface area (Å²) in [6, 6.07) is 5.03. The molecular formula is C18H25NO5. The Hall–Kier alpha value is -2.08. The third-order valence-corrected chi connectivity index (χ3v) is 4.30. The van der Waals surface area contributed by atoms with Gasteiger partial charge in [0.25, 0.3) is 0 Å². The van der Waals surface area contributed by atoms with Crippen molar-refractivity contribution in [2.24, 2.45) is 5.92 Å². The summed E-state index contributed by atoms with van der Waals surface area (Å²) in [5, 5.41) is 11.4. The zero-order chi connectivity index (χ0) is 17.5. The van der Waals surface area contributed by atoms with Crippen LogP contribution in [-0.4, -0.2) is 36.3 Å². The molecule has 0 bridgehead atoms. The lowest BCUT2D eigenvalue weighted by Crippen LogP contribution is -2.29. The minimum atomic E-state index is -1.03. The van der Waals surface area contributed by atoms with Gasteiger partial charge in [-0.05, 0) is 49.4 Å². The maximum atomic E-state index is 12.1. The molecule has 1 amide bonds. The summed E-state index contributed by atoms with van der Waals surface area (Å²) in [5.74, 6) is -0.256. The van der Waals surface area contributed by atoms with E-state index < -0.39 is 12.6 Å². The Labute approximate surface area is 142 Å². The molecule has 0 heterocycles. The van der Waals surface area contributed by atoms with Gasteiger partial charge in [0.05, 0.1) is 6.10 Å². The van der Waals surface area contributed by atoms with Gasteiger partial charge in [0, 0.05) is 5.69 Å². The van der Waals surface area contributed by atoms with Gasteiger partial charge in [-0.2, -0.15) is 0 Å². The van der Waals surface area contributed by atoms with Gasteiger partial charge in [0.15, 0.2) is 6.61 Å². The van der Waals surface area contributed by atoms with Gasteiger partial charge < -0.3 is 19.9 Å². The molecule has 0 radical (unpaired) electrons. The summed E-state index contributed by atoms with van der Waals surface area (Å²) in [6.07, 6.45) is 4.74. The van der Waals surface area contributed by atoms with Gasteiger partial charge in [-0.15, -0.1) is 0 Å². The van der Waals surface area contributed by atoms with Crippen LogP contribution in [-0.2, 0) is 14.3 Å². The molecule has 2 atom stereocenters. The minimum absolute atomic E-state index is 0.0473. The summed E-state index contributed by atoms with van der Waals surface area (Å²) in [7, 11) is 0. The van der Waals surface area contributed by atoms with Crippen LogP contribution in [0.2, 0.25) is 0 Å². The number of aliphatic carboxylic acids is 1. The Bertz CT molecular complexity index is 587. The molecule has 1 aromatic carbocycles. The molecule has 2 N–H and O–H groups in total. The lowest BCUT2D eigenvalue weighted by molar-refractivity contribution is -0.139. The first kappa shape index (κ1) is 18.3. The number of benzene rings is 1. The second-order valence-corrected chi connectivity index (χ2v) is 6.32. The number of carboxylic acids is 1. The molecule has 1 aliphatic carbocycles. The van der Waals surface area contributed by atoms with Crippen molar-refractivity contribution in [3.8, 4) is 5.75 Å². The number of anilines is 1. The van der Waals surface area contributed by atoms with E-state index in [-0.39, 0.29) is 18.6 Å². The van der Waals surface area contributed by atoms with Crippen molar-refractivity contribution in [2.75, 3.05) is 18.5 Å². The minimum Gasteiger partial charge on any atom is -0.482 e. The molecule has 0 saturated heterocycles. The highest BCUT2D eigenvalue weighted by atomic mass is 16.5. The maximum Gasteiger partial charge on any atom is 0.341 e. The Morgan fingerprint density at radius 3 is 2.67 bits per heavy atom. The average Bonchev–Trinajstić information content (AvgIpc) is 2.54. The van der Waals surface area contributed by atoms with Crippen LogP contribution in [0, 0.1) is 12.8 Å². The zero-order valence-electron chi connectivity index (χ0n) is 14.2. The predicted octanol–water partition coefficient (Wildman–Crippen LogP) is 2.99. The van der Waals surface area contributed by atoms with Crippen molar-refractivity contribution in [2.45, 2.75) is 45.6 Å². The van der Waals surface area contributed by atoms with Gasteiger partial charge in [0.1, 0.15) is 12.4 Å². The predicted molar refractivity (Wildman–Crippen MR) is 90.3 cm³/mol. The zero-order valence-corrected chi connectivity index (χ0v) is 14.2. The highest BCUT2D eigenvalue weighted by Crippen LogP contribution is 2.26. The molecule has 1 aromatic rings. The first-order valence-electron chi connectivity index (χ1n) is 8.32. The second kappa shape index (κ2) is 8.68. The van der Waals surface area contributed by atoms with Crippen LogP contribution in [0.5, 0.6) is 5.75 Å². The van der Waals surface area contributed by atoms with Crippen LogP contribution in [0.3, 0.4) is 0 Å². The lowest BCUT2D eigenvalue weighted by atomic mass is 9.88. The van der Waals surface area contributed by atoms with Gasteiger partial charge in [0.2, 0.25) is 5.91 Å². The van der Waals surface area contributed by atoms with Crippen molar-refractivity contribution in [3.63, 3.8) is 0 Å². The normalized spacial score (nSPS) is 20.4. The van der Waals surface area contributed by atoms with Crippen LogP contribution in [0.25, 0.3) is 0 Å². The summed E-state index contributed by atoms with van der Waals surface area (Å²) in [4.78, 5) is 22.6. The number of ether oxygens (including phenoxy) is 2. The smallest absolute Gasteiger partial charge is 0.341 e. The van der Waals surface area contributed by atoms with E-state index in [9.17, 15) is 9.59 Å². The van der Waals surface area contributed by atoms with Crippen molar-refractivity contribution < 1.29 is 24.2 Å². The van der Waals surface area contributed by atoms with Crippen LogP contribution < -0.4 is 10.1 Å². The van der Waals surface area contributed by atoms with E-state index in [4.69, 9.17) is 14.6 Å². The fourth-order valence-corrected chi connectivity index (χ4v) is 2.91. The Kier molecular flexibility index (Phi) is 6.61.